The highest BCUT2D eigenvalue weighted by Crippen LogP contribution is 2.35. The molecule has 1 aromatic carbocycles. The zero-order valence-electron chi connectivity index (χ0n) is 20.1. The Labute approximate surface area is 207 Å². The van der Waals surface area contributed by atoms with Crippen molar-refractivity contribution in [3.63, 3.8) is 0 Å². The first-order valence-electron chi connectivity index (χ1n) is 12.9. The summed E-state index contributed by atoms with van der Waals surface area (Å²) in [4.78, 5) is 14.5. The molecule has 3 aliphatic rings. The fourth-order valence-electron chi connectivity index (χ4n) is 6.30. The molecular weight excluding hydrogens is 432 g/mol. The molecule has 2 saturated heterocycles. The summed E-state index contributed by atoms with van der Waals surface area (Å²) in [6.45, 7) is 3.03. The van der Waals surface area contributed by atoms with Crippen LogP contribution >= 0.6 is 0 Å². The minimum atomic E-state index is 0.368. The molecule has 1 aliphatic carbocycles. The number of nitrogens with one attached hydrogen (secondary N) is 1. The highest BCUT2D eigenvalue weighted by atomic mass is 15.3. The maximum atomic E-state index is 9.18. The number of rotatable bonds is 3. The second-order valence-corrected chi connectivity index (χ2v) is 10.2. The predicted molar refractivity (Wildman–Crippen MR) is 139 cm³/mol. The first kappa shape index (κ1) is 22.1. The van der Waals surface area contributed by atoms with Crippen LogP contribution in [0.4, 0.5) is 11.5 Å². The number of nitrogens with zero attached hydrogens (tertiary/aromatic N) is 5. The van der Waals surface area contributed by atoms with E-state index in [1.54, 1.807) is 0 Å². The summed E-state index contributed by atoms with van der Waals surface area (Å²) >= 11 is 0. The van der Waals surface area contributed by atoms with E-state index in [2.05, 4.69) is 56.5 Å². The number of hydrogen-bond acceptors (Lipinski definition) is 6. The molecule has 6 rings (SSSR count). The minimum Gasteiger partial charge on any atom is -0.370 e. The Morgan fingerprint density at radius 2 is 1.77 bits per heavy atom. The summed E-state index contributed by atoms with van der Waals surface area (Å²) < 4.78 is 0. The van der Waals surface area contributed by atoms with E-state index in [-0.39, 0.29) is 0 Å². The van der Waals surface area contributed by atoms with Crippen molar-refractivity contribution in [1.29, 1.82) is 5.26 Å². The largest absolute Gasteiger partial charge is 0.370 e. The third kappa shape index (κ3) is 4.49. The summed E-state index contributed by atoms with van der Waals surface area (Å²) in [6.07, 6.45) is 10.1. The van der Waals surface area contributed by atoms with Crippen LogP contribution in [0.15, 0.2) is 67.0 Å². The molecule has 0 amide bonds. The summed E-state index contributed by atoms with van der Waals surface area (Å²) in [5, 5.41) is 13.3. The van der Waals surface area contributed by atoms with Gasteiger partial charge in [-0.15, -0.1) is 0 Å². The average Bonchev–Trinajstić information content (AvgIpc) is 3.10. The lowest BCUT2D eigenvalue weighted by atomic mass is 9.84. The van der Waals surface area contributed by atoms with E-state index < -0.39 is 0 Å². The fourth-order valence-corrected chi connectivity index (χ4v) is 6.30. The van der Waals surface area contributed by atoms with Crippen molar-refractivity contribution >= 4 is 11.5 Å². The monoisotopic (exact) mass is 464 g/mol. The van der Waals surface area contributed by atoms with Gasteiger partial charge in [-0.25, -0.2) is 4.98 Å². The van der Waals surface area contributed by atoms with Gasteiger partial charge in [0.15, 0.2) is 0 Å². The summed E-state index contributed by atoms with van der Waals surface area (Å²) in [5.74, 6) is 1.72. The van der Waals surface area contributed by atoms with Gasteiger partial charge >= 0.3 is 0 Å². The Hall–Kier alpha value is -3.43. The van der Waals surface area contributed by atoms with Gasteiger partial charge in [0.2, 0.25) is 0 Å². The van der Waals surface area contributed by atoms with Gasteiger partial charge in [-0.05, 0) is 73.7 Å². The molecule has 178 valence electrons. The van der Waals surface area contributed by atoms with Crippen LogP contribution in [0.3, 0.4) is 0 Å². The van der Waals surface area contributed by atoms with Crippen LogP contribution in [0.1, 0.15) is 37.7 Å². The van der Waals surface area contributed by atoms with Gasteiger partial charge in [0.05, 0.1) is 17.3 Å². The first-order valence-corrected chi connectivity index (χ1v) is 12.9. The van der Waals surface area contributed by atoms with Gasteiger partial charge in [-0.2, -0.15) is 5.26 Å². The average molecular weight is 465 g/mol. The van der Waals surface area contributed by atoms with Gasteiger partial charge in [0, 0.05) is 61.4 Å². The zero-order valence-corrected chi connectivity index (χ0v) is 20.1. The number of piperidine rings is 1. The number of fused-ring (bicyclic) bond motifs is 2. The standard InChI is InChI=1S/C29H32N6/c30-18-21-8-10-24(11-9-21)34-16-13-28-27(20-34)33-26-7-2-1-5-23(26)19-35(28)29-17-22(12-15-32-29)25-6-3-4-14-31-25/h3-4,6,8-12,14-15,17,23,26-28,33H,1-2,5,7,13,16,19-20H2. The number of benzene rings is 1. The molecule has 4 heterocycles. The van der Waals surface area contributed by atoms with Crippen LogP contribution in [-0.2, 0) is 0 Å². The molecule has 3 aromatic rings. The number of hydrogen-bond donors (Lipinski definition) is 1. The lowest BCUT2D eigenvalue weighted by Crippen LogP contribution is -2.59. The second-order valence-electron chi connectivity index (χ2n) is 10.2. The Bertz CT molecular complexity index is 1190. The smallest absolute Gasteiger partial charge is 0.129 e. The van der Waals surface area contributed by atoms with E-state index in [9.17, 15) is 5.26 Å². The molecule has 4 unspecified atom stereocenters. The van der Waals surface area contributed by atoms with E-state index in [4.69, 9.17) is 4.98 Å². The third-order valence-electron chi connectivity index (χ3n) is 8.11. The maximum absolute atomic E-state index is 9.18. The maximum Gasteiger partial charge on any atom is 0.129 e. The first-order chi connectivity index (χ1) is 17.3. The molecule has 35 heavy (non-hydrogen) atoms. The molecule has 0 bridgehead atoms. The van der Waals surface area contributed by atoms with Crippen molar-refractivity contribution < 1.29 is 0 Å². The van der Waals surface area contributed by atoms with Crippen LogP contribution in [0.5, 0.6) is 0 Å². The molecule has 6 nitrogen and oxygen atoms in total. The Morgan fingerprint density at radius 1 is 0.886 bits per heavy atom. The highest BCUT2D eigenvalue weighted by Gasteiger charge is 2.41. The number of aromatic nitrogens is 2. The molecule has 0 radical (unpaired) electrons. The van der Waals surface area contributed by atoms with Crippen LogP contribution in [-0.4, -0.2) is 47.7 Å². The number of nitriles is 1. The zero-order chi connectivity index (χ0) is 23.6. The second kappa shape index (κ2) is 9.67. The lowest BCUT2D eigenvalue weighted by molar-refractivity contribution is 0.260. The number of pyridine rings is 2. The van der Waals surface area contributed by atoms with Crippen molar-refractivity contribution in [2.75, 3.05) is 29.4 Å². The SMILES string of the molecule is N#Cc1ccc(N2CCC3C(C2)NC2CCCCC2CN3c2cc(-c3ccccn3)ccn2)cc1. The fraction of sp³-hybridized carbons (Fsp3) is 0.414. The third-order valence-corrected chi connectivity index (χ3v) is 8.11. The van der Waals surface area contributed by atoms with Gasteiger partial charge in [0.25, 0.3) is 0 Å². The molecule has 1 saturated carbocycles. The van der Waals surface area contributed by atoms with Gasteiger partial charge < -0.3 is 15.1 Å². The summed E-state index contributed by atoms with van der Waals surface area (Å²) in [5.41, 5.74) is 4.04. The molecule has 1 N–H and O–H groups in total. The van der Waals surface area contributed by atoms with E-state index in [0.29, 0.717) is 29.6 Å². The van der Waals surface area contributed by atoms with Crippen molar-refractivity contribution in [2.45, 2.75) is 50.2 Å². The summed E-state index contributed by atoms with van der Waals surface area (Å²) in [7, 11) is 0. The van der Waals surface area contributed by atoms with Gasteiger partial charge in [-0.1, -0.05) is 18.9 Å². The molecule has 2 aromatic heterocycles. The topological polar surface area (TPSA) is 68.1 Å². The molecule has 4 atom stereocenters. The van der Waals surface area contributed by atoms with Crippen molar-refractivity contribution in [3.05, 3.63) is 72.6 Å². The predicted octanol–water partition coefficient (Wildman–Crippen LogP) is 4.63. The van der Waals surface area contributed by atoms with Crippen molar-refractivity contribution in [1.82, 2.24) is 15.3 Å². The number of anilines is 2. The normalized spacial score (nSPS) is 26.3. The molecule has 3 fully saturated rings. The molecule has 6 heteroatoms. The van der Waals surface area contributed by atoms with Crippen LogP contribution < -0.4 is 15.1 Å². The lowest BCUT2D eigenvalue weighted by Gasteiger charge is -2.44. The van der Waals surface area contributed by atoms with Crippen molar-refractivity contribution in [2.24, 2.45) is 5.92 Å². The highest BCUT2D eigenvalue weighted by molar-refractivity contribution is 5.63. The molecular formula is C29H32N6. The quantitative estimate of drug-likeness (QED) is 0.610. The summed E-state index contributed by atoms with van der Waals surface area (Å²) in [6, 6.07) is 22.0. The van der Waals surface area contributed by atoms with E-state index >= 15 is 0 Å². The molecule has 2 aliphatic heterocycles. The van der Waals surface area contributed by atoms with E-state index in [1.807, 2.05) is 36.7 Å². The Morgan fingerprint density at radius 3 is 2.60 bits per heavy atom. The van der Waals surface area contributed by atoms with Crippen molar-refractivity contribution in [3.8, 4) is 17.3 Å². The van der Waals surface area contributed by atoms with E-state index in [0.717, 1.165) is 43.1 Å². The Balaban J connectivity index is 1.31. The minimum absolute atomic E-state index is 0.368. The Kier molecular flexibility index (Phi) is 6.10. The van der Waals surface area contributed by atoms with Gasteiger partial charge in [0.1, 0.15) is 5.82 Å². The van der Waals surface area contributed by atoms with Gasteiger partial charge in [-0.3, -0.25) is 4.98 Å². The van der Waals surface area contributed by atoms with Crippen LogP contribution in [0.2, 0.25) is 0 Å². The van der Waals surface area contributed by atoms with Crippen LogP contribution in [0.25, 0.3) is 11.3 Å². The van der Waals surface area contributed by atoms with Crippen LogP contribution in [0, 0.1) is 17.2 Å². The molecule has 0 spiro atoms. The van der Waals surface area contributed by atoms with E-state index in [1.165, 1.54) is 31.4 Å².